The SMILES string of the molecule is N#CCc1cc(F)c(-c2ccccc2)cn1. The van der Waals surface area contributed by atoms with Crippen molar-refractivity contribution >= 4 is 0 Å². The first-order valence-corrected chi connectivity index (χ1v) is 4.88. The Kier molecular flexibility index (Phi) is 2.93. The van der Waals surface area contributed by atoms with Crippen molar-refractivity contribution < 1.29 is 4.39 Å². The molecule has 1 aromatic heterocycles. The summed E-state index contributed by atoms with van der Waals surface area (Å²) in [7, 11) is 0. The third-order valence-electron chi connectivity index (χ3n) is 2.26. The molecular formula is C13H9FN2. The molecule has 0 spiro atoms. The molecular weight excluding hydrogens is 203 g/mol. The Morgan fingerprint density at radius 1 is 1.25 bits per heavy atom. The van der Waals surface area contributed by atoms with Gasteiger partial charge >= 0.3 is 0 Å². The summed E-state index contributed by atoms with van der Waals surface area (Å²) in [6.07, 6.45) is 1.60. The van der Waals surface area contributed by atoms with Crippen LogP contribution in [0.15, 0.2) is 42.6 Å². The highest BCUT2D eigenvalue weighted by Crippen LogP contribution is 2.21. The zero-order chi connectivity index (χ0) is 11.4. The van der Waals surface area contributed by atoms with Crippen LogP contribution in [-0.4, -0.2) is 4.98 Å². The van der Waals surface area contributed by atoms with Crippen molar-refractivity contribution in [1.82, 2.24) is 4.98 Å². The molecule has 0 radical (unpaired) electrons. The molecule has 2 nitrogen and oxygen atoms in total. The zero-order valence-corrected chi connectivity index (χ0v) is 8.52. The van der Waals surface area contributed by atoms with Crippen molar-refractivity contribution in [3.05, 3.63) is 54.1 Å². The van der Waals surface area contributed by atoms with Gasteiger partial charge in [0.15, 0.2) is 0 Å². The number of pyridine rings is 1. The van der Waals surface area contributed by atoms with E-state index in [1.165, 1.54) is 12.3 Å². The molecule has 1 aromatic carbocycles. The fourth-order valence-corrected chi connectivity index (χ4v) is 1.48. The van der Waals surface area contributed by atoms with E-state index in [2.05, 4.69) is 4.98 Å². The predicted octanol–water partition coefficient (Wildman–Crippen LogP) is 2.95. The quantitative estimate of drug-likeness (QED) is 0.767. The van der Waals surface area contributed by atoms with Crippen molar-refractivity contribution in [3.63, 3.8) is 0 Å². The Labute approximate surface area is 93.0 Å². The van der Waals surface area contributed by atoms with E-state index >= 15 is 0 Å². The number of halogens is 1. The molecule has 2 aromatic rings. The van der Waals surface area contributed by atoms with Gasteiger partial charge in [-0.05, 0) is 11.6 Å². The van der Waals surface area contributed by atoms with Gasteiger partial charge in [0.1, 0.15) is 5.82 Å². The first-order valence-electron chi connectivity index (χ1n) is 4.88. The number of benzene rings is 1. The summed E-state index contributed by atoms with van der Waals surface area (Å²) in [6.45, 7) is 0. The van der Waals surface area contributed by atoms with E-state index in [-0.39, 0.29) is 12.2 Å². The van der Waals surface area contributed by atoms with Crippen LogP contribution in [0, 0.1) is 17.1 Å². The van der Waals surface area contributed by atoms with Crippen LogP contribution in [0.1, 0.15) is 5.69 Å². The van der Waals surface area contributed by atoms with Gasteiger partial charge in [-0.3, -0.25) is 4.98 Å². The van der Waals surface area contributed by atoms with Crippen molar-refractivity contribution in [1.29, 1.82) is 5.26 Å². The Morgan fingerprint density at radius 3 is 2.62 bits per heavy atom. The Hall–Kier alpha value is -2.21. The summed E-state index contributed by atoms with van der Waals surface area (Å²) < 4.78 is 13.7. The average Bonchev–Trinajstić information content (AvgIpc) is 2.31. The topological polar surface area (TPSA) is 36.7 Å². The largest absolute Gasteiger partial charge is 0.259 e. The molecule has 0 atom stereocenters. The fraction of sp³-hybridized carbons (Fsp3) is 0.0769. The third-order valence-corrected chi connectivity index (χ3v) is 2.26. The first kappa shape index (κ1) is 10.3. The number of hydrogen-bond acceptors (Lipinski definition) is 2. The fourth-order valence-electron chi connectivity index (χ4n) is 1.48. The van der Waals surface area contributed by atoms with Gasteiger partial charge in [-0.2, -0.15) is 5.26 Å². The molecule has 0 saturated carbocycles. The standard InChI is InChI=1S/C13H9FN2/c14-13-8-11(6-7-15)16-9-12(13)10-4-2-1-3-5-10/h1-5,8-9H,6H2. The van der Waals surface area contributed by atoms with E-state index in [4.69, 9.17) is 5.26 Å². The van der Waals surface area contributed by atoms with E-state index in [1.807, 2.05) is 36.4 Å². The lowest BCUT2D eigenvalue weighted by Gasteiger charge is -2.03. The van der Waals surface area contributed by atoms with Crippen LogP contribution in [0.5, 0.6) is 0 Å². The number of rotatable bonds is 2. The van der Waals surface area contributed by atoms with Gasteiger partial charge in [-0.15, -0.1) is 0 Å². The highest BCUT2D eigenvalue weighted by atomic mass is 19.1. The van der Waals surface area contributed by atoms with Gasteiger partial charge in [-0.1, -0.05) is 30.3 Å². The predicted molar refractivity (Wildman–Crippen MR) is 58.9 cm³/mol. The highest BCUT2D eigenvalue weighted by Gasteiger charge is 2.06. The molecule has 1 heterocycles. The lowest BCUT2D eigenvalue weighted by molar-refractivity contribution is 0.626. The van der Waals surface area contributed by atoms with Crippen LogP contribution >= 0.6 is 0 Å². The Bertz CT molecular complexity index is 529. The molecule has 0 bridgehead atoms. The molecule has 78 valence electrons. The third kappa shape index (κ3) is 2.06. The van der Waals surface area contributed by atoms with Gasteiger partial charge in [-0.25, -0.2) is 4.39 Å². The van der Waals surface area contributed by atoms with Crippen LogP contribution in [0.25, 0.3) is 11.1 Å². The van der Waals surface area contributed by atoms with Gasteiger partial charge in [0, 0.05) is 11.8 Å². The van der Waals surface area contributed by atoms with Crippen LogP contribution in [0.2, 0.25) is 0 Å². The molecule has 3 heteroatoms. The van der Waals surface area contributed by atoms with Crippen molar-refractivity contribution in [2.75, 3.05) is 0 Å². The van der Waals surface area contributed by atoms with Gasteiger partial charge in [0.25, 0.3) is 0 Å². The second-order valence-corrected chi connectivity index (χ2v) is 3.36. The summed E-state index contributed by atoms with van der Waals surface area (Å²) in [5, 5.41) is 8.48. The Morgan fingerprint density at radius 2 is 2.00 bits per heavy atom. The lowest BCUT2D eigenvalue weighted by Crippen LogP contribution is -1.92. The lowest BCUT2D eigenvalue weighted by atomic mass is 10.1. The summed E-state index contributed by atoms with van der Waals surface area (Å²) in [4.78, 5) is 4.04. The maximum atomic E-state index is 13.7. The molecule has 0 unspecified atom stereocenters. The molecule has 0 amide bonds. The molecule has 0 aliphatic heterocycles. The number of nitriles is 1. The minimum Gasteiger partial charge on any atom is -0.259 e. The number of aromatic nitrogens is 1. The van der Waals surface area contributed by atoms with E-state index in [9.17, 15) is 4.39 Å². The van der Waals surface area contributed by atoms with Gasteiger partial charge < -0.3 is 0 Å². The minimum absolute atomic E-state index is 0.131. The average molecular weight is 212 g/mol. The van der Waals surface area contributed by atoms with Crippen LogP contribution < -0.4 is 0 Å². The summed E-state index contributed by atoms with van der Waals surface area (Å²) in [5.74, 6) is -0.341. The second kappa shape index (κ2) is 4.54. The molecule has 0 aliphatic rings. The van der Waals surface area contributed by atoms with Crippen molar-refractivity contribution in [3.8, 4) is 17.2 Å². The first-order chi connectivity index (χ1) is 7.81. The maximum Gasteiger partial charge on any atom is 0.134 e. The Balaban J connectivity index is 2.41. The molecule has 0 aliphatic carbocycles. The second-order valence-electron chi connectivity index (χ2n) is 3.36. The van der Waals surface area contributed by atoms with Gasteiger partial charge in [0.05, 0.1) is 18.2 Å². The monoisotopic (exact) mass is 212 g/mol. The molecule has 2 rings (SSSR count). The van der Waals surface area contributed by atoms with Crippen LogP contribution in [0.3, 0.4) is 0 Å². The molecule has 16 heavy (non-hydrogen) atoms. The number of nitrogens with zero attached hydrogens (tertiary/aromatic N) is 2. The normalized spacial score (nSPS) is 9.75. The highest BCUT2D eigenvalue weighted by molar-refractivity contribution is 5.63. The van der Waals surface area contributed by atoms with E-state index in [1.54, 1.807) is 0 Å². The van der Waals surface area contributed by atoms with E-state index in [0.29, 0.717) is 11.3 Å². The molecule has 0 saturated heterocycles. The van der Waals surface area contributed by atoms with E-state index < -0.39 is 0 Å². The summed E-state index contributed by atoms with van der Waals surface area (Å²) >= 11 is 0. The molecule has 0 fully saturated rings. The minimum atomic E-state index is -0.341. The zero-order valence-electron chi connectivity index (χ0n) is 8.52. The smallest absolute Gasteiger partial charge is 0.134 e. The van der Waals surface area contributed by atoms with Crippen molar-refractivity contribution in [2.45, 2.75) is 6.42 Å². The van der Waals surface area contributed by atoms with Crippen LogP contribution in [0.4, 0.5) is 4.39 Å². The van der Waals surface area contributed by atoms with Crippen molar-refractivity contribution in [2.24, 2.45) is 0 Å². The summed E-state index contributed by atoms with van der Waals surface area (Å²) in [5.41, 5.74) is 1.71. The summed E-state index contributed by atoms with van der Waals surface area (Å²) in [6, 6.07) is 12.5. The van der Waals surface area contributed by atoms with E-state index in [0.717, 1.165) is 5.56 Å². The molecule has 0 N–H and O–H groups in total. The van der Waals surface area contributed by atoms with Crippen LogP contribution in [-0.2, 0) is 6.42 Å². The maximum absolute atomic E-state index is 13.7. The van der Waals surface area contributed by atoms with Gasteiger partial charge in [0.2, 0.25) is 0 Å². The number of hydrogen-bond donors (Lipinski definition) is 0.